The van der Waals surface area contributed by atoms with Gasteiger partial charge in [-0.05, 0) is 32.2 Å². The van der Waals surface area contributed by atoms with Crippen molar-refractivity contribution in [2.45, 2.75) is 13.5 Å². The summed E-state index contributed by atoms with van der Waals surface area (Å²) in [7, 11) is 1.82. The molecular formula is C14H17ClN4O2. The molecule has 0 aliphatic carbocycles. The molecule has 21 heavy (non-hydrogen) atoms. The smallest absolute Gasteiger partial charge is 0.238 e. The third-order valence-electron chi connectivity index (χ3n) is 2.79. The number of hydrogen-bond donors (Lipinski definition) is 2. The van der Waals surface area contributed by atoms with Gasteiger partial charge in [-0.15, -0.1) is 0 Å². The van der Waals surface area contributed by atoms with Crippen LogP contribution < -0.4 is 11.1 Å². The van der Waals surface area contributed by atoms with E-state index in [9.17, 15) is 4.79 Å². The predicted octanol–water partition coefficient (Wildman–Crippen LogP) is 2.29. The van der Waals surface area contributed by atoms with Gasteiger partial charge in [0.25, 0.3) is 0 Å². The highest BCUT2D eigenvalue weighted by atomic mass is 35.5. The minimum absolute atomic E-state index is 0.176. The van der Waals surface area contributed by atoms with Crippen LogP contribution >= 0.6 is 11.6 Å². The second-order valence-electron chi connectivity index (χ2n) is 4.89. The van der Waals surface area contributed by atoms with Gasteiger partial charge in [0.2, 0.25) is 5.91 Å². The lowest BCUT2D eigenvalue weighted by atomic mass is 10.3. The zero-order chi connectivity index (χ0) is 15.4. The molecule has 0 radical (unpaired) electrons. The maximum Gasteiger partial charge on any atom is 0.238 e. The molecule has 0 spiro atoms. The standard InChI is InChI=1S/C14H17ClN4O2/c1-9-5-11(18-21-9)7-19(2)8-14(20)17-13-6-10(16)3-4-12(13)15/h3-6H,7-8,16H2,1-2H3,(H,17,20). The molecule has 2 rings (SSSR count). The number of hydrogen-bond acceptors (Lipinski definition) is 5. The number of benzene rings is 1. The van der Waals surface area contributed by atoms with Crippen molar-refractivity contribution in [3.8, 4) is 0 Å². The Balaban J connectivity index is 1.90. The van der Waals surface area contributed by atoms with Crippen molar-refractivity contribution in [3.63, 3.8) is 0 Å². The minimum atomic E-state index is -0.176. The van der Waals surface area contributed by atoms with Crippen LogP contribution in [0.15, 0.2) is 28.8 Å². The van der Waals surface area contributed by atoms with Crippen LogP contribution in [0.25, 0.3) is 0 Å². The van der Waals surface area contributed by atoms with Crippen molar-refractivity contribution in [1.82, 2.24) is 10.1 Å². The highest BCUT2D eigenvalue weighted by Gasteiger charge is 2.11. The molecule has 0 unspecified atom stereocenters. The molecule has 1 aromatic heterocycles. The lowest BCUT2D eigenvalue weighted by molar-refractivity contribution is -0.117. The van der Waals surface area contributed by atoms with Gasteiger partial charge in [0.05, 0.1) is 22.9 Å². The molecule has 0 aliphatic rings. The molecule has 3 N–H and O–H groups in total. The fourth-order valence-corrected chi connectivity index (χ4v) is 2.06. The van der Waals surface area contributed by atoms with Crippen LogP contribution in [0.5, 0.6) is 0 Å². The molecule has 0 aliphatic heterocycles. The monoisotopic (exact) mass is 308 g/mol. The van der Waals surface area contributed by atoms with Crippen LogP contribution in [0.3, 0.4) is 0 Å². The molecule has 112 valence electrons. The van der Waals surface area contributed by atoms with E-state index in [4.69, 9.17) is 21.9 Å². The summed E-state index contributed by atoms with van der Waals surface area (Å²) in [5, 5.41) is 7.07. The van der Waals surface area contributed by atoms with Crippen LogP contribution in [0.2, 0.25) is 5.02 Å². The summed E-state index contributed by atoms with van der Waals surface area (Å²) >= 11 is 6.00. The zero-order valence-corrected chi connectivity index (χ0v) is 12.6. The van der Waals surface area contributed by atoms with E-state index in [0.717, 1.165) is 11.5 Å². The molecule has 0 saturated carbocycles. The summed E-state index contributed by atoms with van der Waals surface area (Å²) < 4.78 is 4.99. The van der Waals surface area contributed by atoms with Crippen molar-refractivity contribution in [2.75, 3.05) is 24.6 Å². The van der Waals surface area contributed by atoms with E-state index >= 15 is 0 Å². The summed E-state index contributed by atoms with van der Waals surface area (Å²) in [6, 6.07) is 6.79. The van der Waals surface area contributed by atoms with Crippen LogP contribution in [-0.4, -0.2) is 29.6 Å². The second kappa shape index (κ2) is 6.60. The molecular weight excluding hydrogens is 292 g/mol. The third-order valence-corrected chi connectivity index (χ3v) is 3.12. The third kappa shape index (κ3) is 4.47. The number of rotatable bonds is 5. The SMILES string of the molecule is Cc1cc(CN(C)CC(=O)Nc2cc(N)ccc2Cl)no1. The Bertz CT molecular complexity index is 642. The first-order valence-electron chi connectivity index (χ1n) is 6.39. The molecule has 0 atom stereocenters. The highest BCUT2D eigenvalue weighted by molar-refractivity contribution is 6.33. The average molecular weight is 309 g/mol. The number of likely N-dealkylation sites (N-methyl/N-ethyl adjacent to an activating group) is 1. The first-order chi connectivity index (χ1) is 9.94. The predicted molar refractivity (Wildman–Crippen MR) is 82.1 cm³/mol. The molecule has 0 fully saturated rings. The van der Waals surface area contributed by atoms with Gasteiger partial charge in [-0.2, -0.15) is 0 Å². The van der Waals surface area contributed by atoms with Crippen molar-refractivity contribution >= 4 is 28.9 Å². The van der Waals surface area contributed by atoms with Gasteiger partial charge < -0.3 is 15.6 Å². The largest absolute Gasteiger partial charge is 0.399 e. The van der Waals surface area contributed by atoms with E-state index in [1.54, 1.807) is 18.2 Å². The lowest BCUT2D eigenvalue weighted by Gasteiger charge is -2.15. The first kappa shape index (κ1) is 15.3. The van der Waals surface area contributed by atoms with E-state index < -0.39 is 0 Å². The van der Waals surface area contributed by atoms with Gasteiger partial charge in [0, 0.05) is 18.3 Å². The molecule has 2 aromatic rings. The topological polar surface area (TPSA) is 84.4 Å². The number of nitrogens with two attached hydrogens (primary N) is 1. The van der Waals surface area contributed by atoms with Crippen molar-refractivity contribution in [3.05, 3.63) is 40.7 Å². The summed E-state index contributed by atoms with van der Waals surface area (Å²) in [5.41, 5.74) is 7.50. The van der Waals surface area contributed by atoms with Gasteiger partial charge in [-0.25, -0.2) is 0 Å². The van der Waals surface area contributed by atoms with Crippen molar-refractivity contribution < 1.29 is 9.32 Å². The zero-order valence-electron chi connectivity index (χ0n) is 11.9. The fourth-order valence-electron chi connectivity index (χ4n) is 1.90. The van der Waals surface area contributed by atoms with E-state index in [0.29, 0.717) is 22.9 Å². The Morgan fingerprint density at radius 2 is 2.24 bits per heavy atom. The van der Waals surface area contributed by atoms with Crippen molar-refractivity contribution in [1.29, 1.82) is 0 Å². The normalized spacial score (nSPS) is 10.9. The molecule has 0 bridgehead atoms. The Morgan fingerprint density at radius 3 is 2.90 bits per heavy atom. The number of nitrogens with zero attached hydrogens (tertiary/aromatic N) is 2. The number of nitrogens with one attached hydrogen (secondary N) is 1. The van der Waals surface area contributed by atoms with Gasteiger partial charge >= 0.3 is 0 Å². The Morgan fingerprint density at radius 1 is 1.48 bits per heavy atom. The van der Waals surface area contributed by atoms with Crippen LogP contribution in [-0.2, 0) is 11.3 Å². The van der Waals surface area contributed by atoms with Gasteiger partial charge in [-0.3, -0.25) is 9.69 Å². The number of carbonyl (C=O) groups excluding carboxylic acids is 1. The molecule has 0 saturated heterocycles. The summed E-state index contributed by atoms with van der Waals surface area (Å²) in [6.45, 7) is 2.55. The average Bonchev–Trinajstić information content (AvgIpc) is 2.79. The molecule has 1 aromatic carbocycles. The quantitative estimate of drug-likeness (QED) is 0.828. The Kier molecular flexibility index (Phi) is 4.82. The number of aromatic nitrogens is 1. The minimum Gasteiger partial charge on any atom is -0.399 e. The Labute approximate surface area is 127 Å². The van der Waals surface area contributed by atoms with E-state index in [-0.39, 0.29) is 12.5 Å². The second-order valence-corrected chi connectivity index (χ2v) is 5.30. The maximum atomic E-state index is 12.0. The first-order valence-corrected chi connectivity index (χ1v) is 6.77. The Hall–Kier alpha value is -2.05. The summed E-state index contributed by atoms with van der Waals surface area (Å²) in [6.07, 6.45) is 0. The van der Waals surface area contributed by atoms with Crippen LogP contribution in [0.4, 0.5) is 11.4 Å². The van der Waals surface area contributed by atoms with Gasteiger partial charge in [0.15, 0.2) is 0 Å². The van der Waals surface area contributed by atoms with Crippen molar-refractivity contribution in [2.24, 2.45) is 0 Å². The number of carbonyl (C=O) groups is 1. The number of nitrogen functional groups attached to an aromatic ring is 1. The van der Waals surface area contributed by atoms with E-state index in [1.165, 1.54) is 0 Å². The maximum absolute atomic E-state index is 12.0. The van der Waals surface area contributed by atoms with Crippen LogP contribution in [0, 0.1) is 6.92 Å². The lowest BCUT2D eigenvalue weighted by Crippen LogP contribution is -2.30. The molecule has 6 nitrogen and oxygen atoms in total. The van der Waals surface area contributed by atoms with E-state index in [2.05, 4.69) is 10.5 Å². The number of anilines is 2. The summed E-state index contributed by atoms with van der Waals surface area (Å²) in [4.78, 5) is 13.8. The molecule has 1 amide bonds. The van der Waals surface area contributed by atoms with Gasteiger partial charge in [0.1, 0.15) is 5.76 Å². The molecule has 1 heterocycles. The van der Waals surface area contributed by atoms with Crippen LogP contribution in [0.1, 0.15) is 11.5 Å². The highest BCUT2D eigenvalue weighted by Crippen LogP contribution is 2.23. The number of amides is 1. The number of aryl methyl sites for hydroxylation is 1. The fraction of sp³-hybridized carbons (Fsp3) is 0.286. The summed E-state index contributed by atoms with van der Waals surface area (Å²) in [5.74, 6) is 0.569. The van der Waals surface area contributed by atoms with E-state index in [1.807, 2.05) is 24.9 Å². The molecule has 7 heteroatoms. The van der Waals surface area contributed by atoms with Gasteiger partial charge in [-0.1, -0.05) is 16.8 Å². The number of halogens is 1.